The zero-order valence-electron chi connectivity index (χ0n) is 18.5. The Hall–Kier alpha value is -1.93. The predicted octanol–water partition coefficient (Wildman–Crippen LogP) is 4.02. The van der Waals surface area contributed by atoms with Crippen LogP contribution >= 0.6 is 11.3 Å². The van der Waals surface area contributed by atoms with Crippen LogP contribution in [0.25, 0.3) is 10.3 Å². The number of rotatable bonds is 12. The average molecular weight is 435 g/mol. The molecule has 3 rings (SSSR count). The number of nitrogens with one attached hydrogen (secondary N) is 1. The van der Waals surface area contributed by atoms with Crippen LogP contribution in [0.5, 0.6) is 5.88 Å². The van der Waals surface area contributed by atoms with Crippen LogP contribution in [0.4, 0.5) is 5.13 Å². The Labute approximate surface area is 183 Å². The molecule has 0 aliphatic heterocycles. The van der Waals surface area contributed by atoms with E-state index < -0.39 is 0 Å². The lowest BCUT2D eigenvalue weighted by Gasteiger charge is -2.35. The quantitative estimate of drug-likeness (QED) is 0.544. The number of nitrogens with zero attached hydrogens (tertiary/aromatic N) is 3. The molecule has 0 spiro atoms. The summed E-state index contributed by atoms with van der Waals surface area (Å²) in [5, 5.41) is 3.88. The highest BCUT2D eigenvalue weighted by Crippen LogP contribution is 2.32. The second-order valence-corrected chi connectivity index (χ2v) is 9.12. The summed E-state index contributed by atoms with van der Waals surface area (Å²) in [6, 6.07) is 3.96. The summed E-state index contributed by atoms with van der Waals surface area (Å²) in [7, 11) is 0. The van der Waals surface area contributed by atoms with Gasteiger partial charge >= 0.3 is 0 Å². The Morgan fingerprint density at radius 3 is 2.67 bits per heavy atom. The summed E-state index contributed by atoms with van der Waals surface area (Å²) >= 11 is 1.64. The third-order valence-corrected chi connectivity index (χ3v) is 6.19. The molecule has 1 fully saturated rings. The highest BCUT2D eigenvalue weighted by Gasteiger charge is 2.31. The van der Waals surface area contributed by atoms with Crippen molar-refractivity contribution in [3.05, 3.63) is 12.1 Å². The number of thiazole rings is 1. The number of anilines is 1. The molecular formula is C22H34N4O3S. The summed E-state index contributed by atoms with van der Waals surface area (Å²) in [6.07, 6.45) is 4.45. The number of amides is 1. The Morgan fingerprint density at radius 2 is 2.00 bits per heavy atom. The topological polar surface area (TPSA) is 76.6 Å². The van der Waals surface area contributed by atoms with Gasteiger partial charge in [-0.1, -0.05) is 25.2 Å². The van der Waals surface area contributed by atoms with Gasteiger partial charge in [-0.25, -0.2) is 9.97 Å². The van der Waals surface area contributed by atoms with Crippen molar-refractivity contribution < 1.29 is 14.3 Å². The second-order valence-electron chi connectivity index (χ2n) is 8.16. The Morgan fingerprint density at radius 1 is 1.27 bits per heavy atom. The van der Waals surface area contributed by atoms with Crippen molar-refractivity contribution in [3.63, 3.8) is 0 Å². The smallest absolute Gasteiger partial charge is 0.217 e. The van der Waals surface area contributed by atoms with E-state index in [0.717, 1.165) is 54.3 Å². The number of ether oxygens (including phenoxy) is 2. The Kier molecular flexibility index (Phi) is 8.27. The minimum Gasteiger partial charge on any atom is -0.477 e. The van der Waals surface area contributed by atoms with Crippen molar-refractivity contribution in [1.82, 2.24) is 15.3 Å². The highest BCUT2D eigenvalue weighted by molar-refractivity contribution is 7.21. The SMILES string of the molecule is CCCN(CCC)c1nc2ccc(OCC3CC(OC[C@H](C)NC(C)=O)C3)nc2s1. The van der Waals surface area contributed by atoms with Crippen molar-refractivity contribution in [3.8, 4) is 5.88 Å². The van der Waals surface area contributed by atoms with Gasteiger partial charge in [0.1, 0.15) is 10.3 Å². The van der Waals surface area contributed by atoms with E-state index in [9.17, 15) is 4.79 Å². The molecule has 7 nitrogen and oxygen atoms in total. The van der Waals surface area contributed by atoms with E-state index in [1.54, 1.807) is 11.3 Å². The summed E-state index contributed by atoms with van der Waals surface area (Å²) in [6.45, 7) is 11.1. The zero-order valence-corrected chi connectivity index (χ0v) is 19.3. The first kappa shape index (κ1) is 22.7. The number of pyridine rings is 1. The van der Waals surface area contributed by atoms with E-state index in [1.807, 2.05) is 19.1 Å². The van der Waals surface area contributed by atoms with Crippen molar-refractivity contribution in [1.29, 1.82) is 0 Å². The zero-order chi connectivity index (χ0) is 21.5. The van der Waals surface area contributed by atoms with Gasteiger partial charge < -0.3 is 19.7 Å². The molecule has 1 aliphatic rings. The van der Waals surface area contributed by atoms with Gasteiger partial charge in [0.05, 0.1) is 19.3 Å². The summed E-state index contributed by atoms with van der Waals surface area (Å²) in [4.78, 5) is 23.7. The van der Waals surface area contributed by atoms with E-state index in [-0.39, 0.29) is 18.1 Å². The van der Waals surface area contributed by atoms with E-state index in [0.29, 0.717) is 25.0 Å². The number of hydrogen-bond acceptors (Lipinski definition) is 7. The van der Waals surface area contributed by atoms with Crippen LogP contribution in [0.3, 0.4) is 0 Å². The molecule has 166 valence electrons. The monoisotopic (exact) mass is 434 g/mol. The molecule has 1 amide bonds. The lowest BCUT2D eigenvalue weighted by Crippen LogP contribution is -2.40. The van der Waals surface area contributed by atoms with Crippen LogP contribution in [-0.2, 0) is 9.53 Å². The molecule has 1 N–H and O–H groups in total. The fourth-order valence-electron chi connectivity index (χ4n) is 3.67. The van der Waals surface area contributed by atoms with Gasteiger partial charge in [-0.3, -0.25) is 4.79 Å². The van der Waals surface area contributed by atoms with Gasteiger partial charge in [0, 0.05) is 32.1 Å². The first-order valence-electron chi connectivity index (χ1n) is 11.0. The van der Waals surface area contributed by atoms with Gasteiger partial charge in [0.25, 0.3) is 0 Å². The van der Waals surface area contributed by atoms with Gasteiger partial charge in [0.15, 0.2) is 5.13 Å². The lowest BCUT2D eigenvalue weighted by atomic mass is 9.83. The fourth-order valence-corrected chi connectivity index (χ4v) is 4.65. The van der Waals surface area contributed by atoms with Crippen molar-refractivity contribution in [2.24, 2.45) is 5.92 Å². The van der Waals surface area contributed by atoms with Gasteiger partial charge in [-0.05, 0) is 44.6 Å². The Balaban J connectivity index is 1.45. The number of aromatic nitrogens is 2. The maximum absolute atomic E-state index is 11.0. The van der Waals surface area contributed by atoms with Crippen molar-refractivity contribution in [2.45, 2.75) is 65.5 Å². The van der Waals surface area contributed by atoms with Crippen molar-refractivity contribution in [2.75, 3.05) is 31.2 Å². The molecule has 1 aliphatic carbocycles. The largest absolute Gasteiger partial charge is 0.477 e. The molecule has 8 heteroatoms. The number of carbonyl (C=O) groups excluding carboxylic acids is 1. The van der Waals surface area contributed by atoms with E-state index in [1.165, 1.54) is 6.92 Å². The van der Waals surface area contributed by atoms with Crippen LogP contribution in [0.2, 0.25) is 0 Å². The number of hydrogen-bond donors (Lipinski definition) is 1. The number of fused-ring (bicyclic) bond motifs is 1. The Bertz CT molecular complexity index is 816. The van der Waals surface area contributed by atoms with Gasteiger partial charge in [-0.15, -0.1) is 0 Å². The molecule has 0 radical (unpaired) electrons. The molecule has 1 saturated carbocycles. The van der Waals surface area contributed by atoms with Crippen LogP contribution in [0, 0.1) is 5.92 Å². The molecular weight excluding hydrogens is 400 g/mol. The first-order chi connectivity index (χ1) is 14.5. The minimum absolute atomic E-state index is 0.0213. The third-order valence-electron chi connectivity index (χ3n) is 5.17. The van der Waals surface area contributed by atoms with E-state index in [2.05, 4.69) is 29.0 Å². The fraction of sp³-hybridized carbons (Fsp3) is 0.682. The number of carbonyl (C=O) groups is 1. The normalized spacial score (nSPS) is 19.3. The predicted molar refractivity (Wildman–Crippen MR) is 121 cm³/mol. The summed E-state index contributed by atoms with van der Waals surface area (Å²) < 4.78 is 11.8. The van der Waals surface area contributed by atoms with Crippen LogP contribution in [-0.4, -0.2) is 54.3 Å². The molecule has 2 aromatic heterocycles. The van der Waals surface area contributed by atoms with Crippen LogP contribution < -0.4 is 15.0 Å². The molecule has 0 bridgehead atoms. The lowest BCUT2D eigenvalue weighted by molar-refractivity contribution is -0.120. The average Bonchev–Trinajstić information content (AvgIpc) is 3.09. The van der Waals surface area contributed by atoms with Crippen LogP contribution in [0.15, 0.2) is 12.1 Å². The molecule has 2 heterocycles. The van der Waals surface area contributed by atoms with Gasteiger partial charge in [-0.2, -0.15) is 0 Å². The van der Waals surface area contributed by atoms with Crippen LogP contribution in [0.1, 0.15) is 53.4 Å². The molecule has 2 aromatic rings. The molecule has 0 saturated heterocycles. The van der Waals surface area contributed by atoms with E-state index in [4.69, 9.17) is 14.5 Å². The maximum atomic E-state index is 11.0. The third kappa shape index (κ3) is 6.28. The summed E-state index contributed by atoms with van der Waals surface area (Å²) in [5.74, 6) is 1.14. The van der Waals surface area contributed by atoms with Gasteiger partial charge in [0.2, 0.25) is 11.8 Å². The molecule has 30 heavy (non-hydrogen) atoms. The van der Waals surface area contributed by atoms with E-state index >= 15 is 0 Å². The second kappa shape index (κ2) is 10.9. The minimum atomic E-state index is -0.0213. The molecule has 0 aromatic carbocycles. The standard InChI is InChI=1S/C22H34N4O3S/c1-5-9-26(10-6-2)22-24-19-7-8-20(25-21(19)30-22)29-14-17-11-18(12-17)28-13-15(3)23-16(4)27/h7-8,15,17-18H,5-6,9-14H2,1-4H3,(H,23,27)/t15-,17?,18?/m0/s1. The summed E-state index contributed by atoms with van der Waals surface area (Å²) in [5.41, 5.74) is 0.935. The molecule has 0 unspecified atom stereocenters. The van der Waals surface area contributed by atoms with Crippen molar-refractivity contribution >= 4 is 32.7 Å². The highest BCUT2D eigenvalue weighted by atomic mass is 32.1. The maximum Gasteiger partial charge on any atom is 0.217 e. The molecule has 1 atom stereocenters. The first-order valence-corrected chi connectivity index (χ1v) is 11.8.